The summed E-state index contributed by atoms with van der Waals surface area (Å²) in [4.78, 5) is 28.3. The van der Waals surface area contributed by atoms with Gasteiger partial charge in [-0.15, -0.1) is 0 Å². The lowest BCUT2D eigenvalue weighted by molar-refractivity contribution is 0.0947. The molecule has 3 aromatic carbocycles. The van der Waals surface area contributed by atoms with Crippen molar-refractivity contribution in [1.82, 2.24) is 5.32 Å². The molecule has 2 aliphatic rings. The summed E-state index contributed by atoms with van der Waals surface area (Å²) in [6.45, 7) is -0.0439. The van der Waals surface area contributed by atoms with E-state index in [0.29, 0.717) is 32.2 Å². The summed E-state index contributed by atoms with van der Waals surface area (Å²) in [5.41, 5.74) is 1.36. The molecule has 1 N–H and O–H groups in total. The van der Waals surface area contributed by atoms with E-state index >= 15 is 0 Å². The fourth-order valence-corrected chi connectivity index (χ4v) is 5.00. The van der Waals surface area contributed by atoms with Gasteiger partial charge in [0.25, 0.3) is 11.8 Å². The number of anilines is 1. The number of carbonyl (C=O) groups excluding carboxylic acids is 2. The standard InChI is InChI=1S/C24H19FN2O3S/c25-19-7-3-1-5-16(19)14-27-20-13-15(23(28)26-17-10-11-17)9-12-22(20)31(30)21-8-4-2-6-18(21)24(27)29/h1-9,12-13,17H,10-11,14H2,(H,26,28)/t31-/m0/s1. The predicted octanol–water partition coefficient (Wildman–Crippen LogP) is 4.05. The molecule has 31 heavy (non-hydrogen) atoms. The minimum Gasteiger partial charge on any atom is -0.349 e. The highest BCUT2D eigenvalue weighted by atomic mass is 32.2. The zero-order chi connectivity index (χ0) is 21.5. The molecular formula is C24H19FN2O3S. The normalized spacial score (nSPS) is 17.5. The Morgan fingerprint density at radius 2 is 1.77 bits per heavy atom. The molecule has 1 atom stereocenters. The van der Waals surface area contributed by atoms with E-state index in [4.69, 9.17) is 0 Å². The fourth-order valence-electron chi connectivity index (χ4n) is 3.65. The van der Waals surface area contributed by atoms with Crippen LogP contribution in [0.4, 0.5) is 10.1 Å². The second kappa shape index (κ2) is 7.74. The second-order valence-electron chi connectivity index (χ2n) is 7.68. The highest BCUT2D eigenvalue weighted by Crippen LogP contribution is 2.36. The van der Waals surface area contributed by atoms with Gasteiger partial charge in [0.2, 0.25) is 0 Å². The van der Waals surface area contributed by atoms with Crippen molar-refractivity contribution in [2.45, 2.75) is 35.2 Å². The molecule has 1 fully saturated rings. The van der Waals surface area contributed by atoms with Gasteiger partial charge in [-0.1, -0.05) is 30.3 Å². The third kappa shape index (κ3) is 3.65. The number of halogens is 1. The van der Waals surface area contributed by atoms with E-state index in [1.807, 2.05) is 0 Å². The van der Waals surface area contributed by atoms with E-state index in [1.165, 1.54) is 11.0 Å². The van der Waals surface area contributed by atoms with Crippen LogP contribution in [-0.4, -0.2) is 22.1 Å². The molecule has 1 heterocycles. The van der Waals surface area contributed by atoms with Crippen molar-refractivity contribution in [3.8, 4) is 0 Å². The third-order valence-corrected chi connectivity index (χ3v) is 6.97. The summed E-state index contributed by atoms with van der Waals surface area (Å²) < 4.78 is 27.8. The molecule has 0 bridgehead atoms. The highest BCUT2D eigenvalue weighted by Gasteiger charge is 2.32. The molecular weight excluding hydrogens is 415 g/mol. The summed E-state index contributed by atoms with van der Waals surface area (Å²) in [7, 11) is -1.62. The topological polar surface area (TPSA) is 66.5 Å². The Morgan fingerprint density at radius 3 is 2.55 bits per heavy atom. The second-order valence-corrected chi connectivity index (χ2v) is 9.09. The Hall–Kier alpha value is -3.32. The van der Waals surface area contributed by atoms with E-state index in [2.05, 4.69) is 5.32 Å². The Kier molecular flexibility index (Phi) is 4.90. The molecule has 1 saturated carbocycles. The number of benzene rings is 3. The largest absolute Gasteiger partial charge is 0.349 e. The first kappa shape index (κ1) is 19.6. The zero-order valence-electron chi connectivity index (χ0n) is 16.5. The summed E-state index contributed by atoms with van der Waals surface area (Å²) in [6.07, 6.45) is 1.90. The lowest BCUT2D eigenvalue weighted by atomic mass is 10.1. The van der Waals surface area contributed by atoms with Gasteiger partial charge in [0, 0.05) is 17.2 Å². The molecule has 5 rings (SSSR count). The van der Waals surface area contributed by atoms with Crippen LogP contribution in [0.5, 0.6) is 0 Å². The average Bonchev–Trinajstić information content (AvgIpc) is 3.61. The summed E-state index contributed by atoms with van der Waals surface area (Å²) >= 11 is 0. The van der Waals surface area contributed by atoms with Crippen molar-refractivity contribution >= 4 is 28.3 Å². The first-order chi connectivity index (χ1) is 15.0. The Morgan fingerprint density at radius 1 is 1.03 bits per heavy atom. The molecule has 0 unspecified atom stereocenters. The molecule has 7 heteroatoms. The van der Waals surface area contributed by atoms with E-state index < -0.39 is 16.6 Å². The molecule has 0 saturated heterocycles. The quantitative estimate of drug-likeness (QED) is 0.674. The Balaban J connectivity index is 1.65. The molecule has 0 aromatic heterocycles. The lowest BCUT2D eigenvalue weighted by Crippen LogP contribution is -2.31. The van der Waals surface area contributed by atoms with Gasteiger partial charge in [-0.2, -0.15) is 0 Å². The first-order valence-corrected chi connectivity index (χ1v) is 11.2. The van der Waals surface area contributed by atoms with Crippen molar-refractivity contribution in [3.05, 3.63) is 89.2 Å². The monoisotopic (exact) mass is 434 g/mol. The number of hydrogen-bond acceptors (Lipinski definition) is 3. The highest BCUT2D eigenvalue weighted by molar-refractivity contribution is 7.85. The van der Waals surface area contributed by atoms with Gasteiger partial charge in [0.05, 0.1) is 38.4 Å². The Bertz CT molecular complexity index is 1240. The smallest absolute Gasteiger partial charge is 0.259 e. The number of nitrogens with one attached hydrogen (secondary N) is 1. The van der Waals surface area contributed by atoms with Gasteiger partial charge in [0.1, 0.15) is 5.82 Å². The van der Waals surface area contributed by atoms with E-state index in [1.54, 1.807) is 60.7 Å². The van der Waals surface area contributed by atoms with Gasteiger partial charge >= 0.3 is 0 Å². The molecule has 0 radical (unpaired) electrons. The number of amides is 2. The molecule has 3 aromatic rings. The SMILES string of the molecule is O=C(NC1CC1)c1ccc2c(c1)N(Cc1ccccc1F)C(=O)c1ccccc1[S@@]2=O. The van der Waals surface area contributed by atoms with Crippen molar-refractivity contribution in [2.75, 3.05) is 4.90 Å². The number of nitrogens with zero attached hydrogens (tertiary/aromatic N) is 1. The molecule has 0 spiro atoms. The van der Waals surface area contributed by atoms with Gasteiger partial charge in [-0.3, -0.25) is 9.59 Å². The van der Waals surface area contributed by atoms with Crippen LogP contribution in [0.2, 0.25) is 0 Å². The maximum atomic E-state index is 14.4. The number of carbonyl (C=O) groups is 2. The van der Waals surface area contributed by atoms with Crippen LogP contribution in [0.3, 0.4) is 0 Å². The Labute approximate surface area is 181 Å². The van der Waals surface area contributed by atoms with Crippen LogP contribution in [0.1, 0.15) is 39.1 Å². The zero-order valence-corrected chi connectivity index (χ0v) is 17.3. The van der Waals surface area contributed by atoms with Crippen LogP contribution < -0.4 is 10.2 Å². The van der Waals surface area contributed by atoms with E-state index in [0.717, 1.165) is 12.8 Å². The van der Waals surface area contributed by atoms with E-state index in [9.17, 15) is 18.2 Å². The van der Waals surface area contributed by atoms with Gasteiger partial charge < -0.3 is 10.2 Å². The summed E-state index contributed by atoms with van der Waals surface area (Å²) in [6, 6.07) is 18.0. The van der Waals surface area contributed by atoms with Crippen LogP contribution >= 0.6 is 0 Å². The lowest BCUT2D eigenvalue weighted by Gasteiger charge is -2.24. The molecule has 2 amide bonds. The average molecular weight is 434 g/mol. The number of fused-ring (bicyclic) bond motifs is 2. The minimum atomic E-state index is -1.62. The van der Waals surface area contributed by atoms with Crippen molar-refractivity contribution < 1.29 is 18.2 Å². The predicted molar refractivity (Wildman–Crippen MR) is 115 cm³/mol. The molecule has 1 aliphatic carbocycles. The van der Waals surface area contributed by atoms with E-state index in [-0.39, 0.29) is 24.4 Å². The van der Waals surface area contributed by atoms with Crippen LogP contribution in [0, 0.1) is 5.82 Å². The van der Waals surface area contributed by atoms with Crippen LogP contribution in [-0.2, 0) is 17.3 Å². The molecule has 1 aliphatic heterocycles. The van der Waals surface area contributed by atoms with Crippen molar-refractivity contribution in [3.63, 3.8) is 0 Å². The molecule has 156 valence electrons. The first-order valence-electron chi connectivity index (χ1n) is 10.0. The van der Waals surface area contributed by atoms with Gasteiger partial charge in [-0.05, 0) is 49.2 Å². The maximum Gasteiger partial charge on any atom is 0.259 e. The summed E-state index contributed by atoms with van der Waals surface area (Å²) in [5, 5.41) is 2.93. The number of rotatable bonds is 4. The third-order valence-electron chi connectivity index (χ3n) is 5.47. The maximum absolute atomic E-state index is 14.4. The number of hydrogen-bond donors (Lipinski definition) is 1. The van der Waals surface area contributed by atoms with Crippen LogP contribution in [0.25, 0.3) is 0 Å². The van der Waals surface area contributed by atoms with Crippen LogP contribution in [0.15, 0.2) is 76.5 Å². The molecule has 5 nitrogen and oxygen atoms in total. The fraction of sp³-hybridized carbons (Fsp3) is 0.167. The summed E-state index contributed by atoms with van der Waals surface area (Å²) in [5.74, 6) is -1.06. The minimum absolute atomic E-state index is 0.0439. The van der Waals surface area contributed by atoms with Gasteiger partial charge in [-0.25, -0.2) is 8.60 Å². The van der Waals surface area contributed by atoms with Gasteiger partial charge in [0.15, 0.2) is 0 Å². The van der Waals surface area contributed by atoms with Crippen molar-refractivity contribution in [1.29, 1.82) is 0 Å². The van der Waals surface area contributed by atoms with Crippen molar-refractivity contribution in [2.24, 2.45) is 0 Å².